The van der Waals surface area contributed by atoms with Crippen LogP contribution in [0, 0.1) is 13.8 Å². The molecule has 3 heterocycles. The van der Waals surface area contributed by atoms with Crippen molar-refractivity contribution in [3.05, 3.63) is 35.0 Å². The fourth-order valence-corrected chi connectivity index (χ4v) is 2.23. The SMILES string of the molecule is Cc1cc(C(=O)N2CCCN2C(=O)c2cc(C)on2)no1. The molecule has 0 radical (unpaired) electrons. The summed E-state index contributed by atoms with van der Waals surface area (Å²) in [5, 5.41) is 10.1. The van der Waals surface area contributed by atoms with Crippen LogP contribution < -0.4 is 0 Å². The molecule has 0 N–H and O–H groups in total. The van der Waals surface area contributed by atoms with Gasteiger partial charge in [-0.15, -0.1) is 0 Å². The van der Waals surface area contributed by atoms with Crippen molar-refractivity contribution in [1.29, 1.82) is 0 Å². The van der Waals surface area contributed by atoms with E-state index in [9.17, 15) is 9.59 Å². The van der Waals surface area contributed by atoms with Crippen LogP contribution in [0.15, 0.2) is 21.2 Å². The molecule has 2 aromatic rings. The Bertz CT molecular complexity index is 632. The van der Waals surface area contributed by atoms with Crippen LogP contribution in [0.25, 0.3) is 0 Å². The Kier molecular flexibility index (Phi) is 3.20. The minimum absolute atomic E-state index is 0.184. The summed E-state index contributed by atoms with van der Waals surface area (Å²) in [6, 6.07) is 3.09. The molecular formula is C13H14N4O4. The van der Waals surface area contributed by atoms with Gasteiger partial charge in [-0.3, -0.25) is 9.59 Å². The van der Waals surface area contributed by atoms with E-state index in [4.69, 9.17) is 9.05 Å². The lowest BCUT2D eigenvalue weighted by atomic mass is 10.3. The van der Waals surface area contributed by atoms with Gasteiger partial charge in [0.05, 0.1) is 0 Å². The molecule has 2 amide bonds. The first-order chi connectivity index (χ1) is 10.1. The van der Waals surface area contributed by atoms with Crippen molar-refractivity contribution in [1.82, 2.24) is 20.3 Å². The van der Waals surface area contributed by atoms with Crippen LogP contribution in [-0.2, 0) is 0 Å². The third kappa shape index (κ3) is 2.39. The number of nitrogens with zero attached hydrogens (tertiary/aromatic N) is 4. The number of amides is 2. The van der Waals surface area contributed by atoms with Gasteiger partial charge in [0.1, 0.15) is 11.5 Å². The highest BCUT2D eigenvalue weighted by Crippen LogP contribution is 2.18. The average molecular weight is 290 g/mol. The van der Waals surface area contributed by atoms with Crippen molar-refractivity contribution in [2.45, 2.75) is 20.3 Å². The zero-order valence-electron chi connectivity index (χ0n) is 11.7. The summed E-state index contributed by atoms with van der Waals surface area (Å²) in [6.45, 7) is 4.31. The van der Waals surface area contributed by atoms with Gasteiger partial charge in [0.15, 0.2) is 11.4 Å². The van der Waals surface area contributed by atoms with Crippen LogP contribution in [0.3, 0.4) is 0 Å². The normalized spacial score (nSPS) is 14.8. The zero-order chi connectivity index (χ0) is 15.0. The molecule has 8 nitrogen and oxygen atoms in total. The molecule has 1 fully saturated rings. The maximum atomic E-state index is 12.4. The van der Waals surface area contributed by atoms with E-state index in [-0.39, 0.29) is 23.2 Å². The summed E-state index contributed by atoms with van der Waals surface area (Å²) in [6.07, 6.45) is 0.700. The van der Waals surface area contributed by atoms with Gasteiger partial charge in [0.25, 0.3) is 11.8 Å². The standard InChI is InChI=1S/C13H14N4O4/c1-8-6-10(14-20-8)12(18)16-4-3-5-17(16)13(19)11-7-9(2)21-15-11/h6-7H,3-5H2,1-2H3. The molecule has 0 aliphatic carbocycles. The van der Waals surface area contributed by atoms with Crippen LogP contribution in [0.5, 0.6) is 0 Å². The number of rotatable bonds is 2. The van der Waals surface area contributed by atoms with Crippen LogP contribution in [0.2, 0.25) is 0 Å². The Morgan fingerprint density at radius 2 is 1.38 bits per heavy atom. The number of carbonyl (C=O) groups excluding carboxylic acids is 2. The van der Waals surface area contributed by atoms with Gasteiger partial charge < -0.3 is 9.05 Å². The van der Waals surface area contributed by atoms with Crippen LogP contribution in [0.4, 0.5) is 0 Å². The second-order valence-corrected chi connectivity index (χ2v) is 4.86. The lowest BCUT2D eigenvalue weighted by molar-refractivity contribution is 0.0173. The molecule has 110 valence electrons. The monoisotopic (exact) mass is 290 g/mol. The molecule has 0 atom stereocenters. The summed E-state index contributed by atoms with van der Waals surface area (Å²) in [5.41, 5.74) is 0.368. The molecule has 0 saturated carbocycles. The predicted octanol–water partition coefficient (Wildman–Crippen LogP) is 1.18. The third-order valence-electron chi connectivity index (χ3n) is 3.19. The van der Waals surface area contributed by atoms with Gasteiger partial charge in [0.2, 0.25) is 0 Å². The Balaban J connectivity index is 1.82. The van der Waals surface area contributed by atoms with Crippen molar-refractivity contribution in [3.8, 4) is 0 Å². The Morgan fingerprint density at radius 1 is 0.952 bits per heavy atom. The molecule has 0 aromatic carbocycles. The summed E-state index contributed by atoms with van der Waals surface area (Å²) in [4.78, 5) is 24.8. The van der Waals surface area contributed by atoms with E-state index < -0.39 is 0 Å². The molecule has 1 saturated heterocycles. The zero-order valence-corrected chi connectivity index (χ0v) is 11.7. The fraction of sp³-hybridized carbons (Fsp3) is 0.385. The molecule has 21 heavy (non-hydrogen) atoms. The van der Waals surface area contributed by atoms with Gasteiger partial charge in [-0.05, 0) is 20.3 Å². The smallest absolute Gasteiger partial charge is 0.294 e. The second kappa shape index (κ2) is 5.04. The first kappa shape index (κ1) is 13.3. The number of hydrazine groups is 1. The van der Waals surface area contributed by atoms with Crippen molar-refractivity contribution < 1.29 is 18.6 Å². The van der Waals surface area contributed by atoms with E-state index in [0.29, 0.717) is 31.0 Å². The lowest BCUT2D eigenvalue weighted by Gasteiger charge is -2.26. The summed E-state index contributed by atoms with van der Waals surface area (Å²) >= 11 is 0. The topological polar surface area (TPSA) is 92.7 Å². The second-order valence-electron chi connectivity index (χ2n) is 4.86. The van der Waals surface area contributed by atoms with Gasteiger partial charge >= 0.3 is 0 Å². The van der Waals surface area contributed by atoms with E-state index in [1.54, 1.807) is 26.0 Å². The molecule has 0 spiro atoms. The molecule has 1 aliphatic rings. The van der Waals surface area contributed by atoms with E-state index in [1.165, 1.54) is 10.0 Å². The Labute approximate surface area is 120 Å². The first-order valence-electron chi connectivity index (χ1n) is 6.56. The van der Waals surface area contributed by atoms with E-state index in [1.807, 2.05) is 0 Å². The van der Waals surface area contributed by atoms with E-state index in [0.717, 1.165) is 0 Å². The molecule has 1 aliphatic heterocycles. The van der Waals surface area contributed by atoms with Crippen molar-refractivity contribution >= 4 is 11.8 Å². The summed E-state index contributed by atoms with van der Waals surface area (Å²) in [7, 11) is 0. The molecule has 3 rings (SSSR count). The largest absolute Gasteiger partial charge is 0.361 e. The maximum absolute atomic E-state index is 12.4. The molecule has 0 unspecified atom stereocenters. The highest BCUT2D eigenvalue weighted by molar-refractivity contribution is 5.97. The minimum atomic E-state index is -0.363. The fourth-order valence-electron chi connectivity index (χ4n) is 2.23. The summed E-state index contributed by atoms with van der Waals surface area (Å²) < 4.78 is 9.80. The van der Waals surface area contributed by atoms with E-state index >= 15 is 0 Å². The number of aromatic nitrogens is 2. The van der Waals surface area contributed by atoms with Gasteiger partial charge in [-0.1, -0.05) is 10.3 Å². The number of carbonyl (C=O) groups is 2. The Hall–Kier alpha value is -2.64. The quantitative estimate of drug-likeness (QED) is 0.824. The number of aryl methyl sites for hydroxylation is 2. The third-order valence-corrected chi connectivity index (χ3v) is 3.19. The van der Waals surface area contributed by atoms with Crippen molar-refractivity contribution in [2.24, 2.45) is 0 Å². The molecule has 8 heteroatoms. The highest BCUT2D eigenvalue weighted by Gasteiger charge is 2.34. The first-order valence-corrected chi connectivity index (χ1v) is 6.56. The van der Waals surface area contributed by atoms with Gasteiger partial charge in [-0.2, -0.15) is 0 Å². The summed E-state index contributed by atoms with van der Waals surface area (Å²) in [5.74, 6) is 0.362. The predicted molar refractivity (Wildman–Crippen MR) is 69.2 cm³/mol. The molecular weight excluding hydrogens is 276 g/mol. The van der Waals surface area contributed by atoms with Crippen LogP contribution >= 0.6 is 0 Å². The minimum Gasteiger partial charge on any atom is -0.361 e. The molecule has 0 bridgehead atoms. The molecule has 2 aromatic heterocycles. The van der Waals surface area contributed by atoms with Crippen LogP contribution in [-0.4, -0.2) is 45.2 Å². The maximum Gasteiger partial charge on any atom is 0.294 e. The number of hydrogen-bond acceptors (Lipinski definition) is 6. The van der Waals surface area contributed by atoms with Crippen LogP contribution in [0.1, 0.15) is 38.9 Å². The van der Waals surface area contributed by atoms with Crippen molar-refractivity contribution in [3.63, 3.8) is 0 Å². The van der Waals surface area contributed by atoms with Gasteiger partial charge in [-0.25, -0.2) is 10.0 Å². The Morgan fingerprint density at radius 3 is 1.71 bits per heavy atom. The van der Waals surface area contributed by atoms with Crippen molar-refractivity contribution in [2.75, 3.05) is 13.1 Å². The lowest BCUT2D eigenvalue weighted by Crippen LogP contribution is -2.45. The number of hydrogen-bond donors (Lipinski definition) is 0. The average Bonchev–Trinajstić information content (AvgIpc) is 3.17. The van der Waals surface area contributed by atoms with Gasteiger partial charge in [0, 0.05) is 25.2 Å². The highest BCUT2D eigenvalue weighted by atomic mass is 16.5. The van der Waals surface area contributed by atoms with E-state index in [2.05, 4.69) is 10.3 Å².